The van der Waals surface area contributed by atoms with Crippen LogP contribution in [-0.4, -0.2) is 25.9 Å². The van der Waals surface area contributed by atoms with E-state index in [1.165, 1.54) is 23.9 Å². The monoisotopic (exact) mass is 319 g/mol. The number of aromatic nitrogens is 3. The summed E-state index contributed by atoms with van der Waals surface area (Å²) in [6.07, 6.45) is 1.76. The highest BCUT2D eigenvalue weighted by Gasteiger charge is 2.24. The predicted octanol–water partition coefficient (Wildman–Crippen LogP) is 2.79. The van der Waals surface area contributed by atoms with Crippen molar-refractivity contribution in [2.45, 2.75) is 5.16 Å². The Kier molecular flexibility index (Phi) is 3.83. The van der Waals surface area contributed by atoms with E-state index in [0.717, 1.165) is 4.68 Å². The second kappa shape index (κ2) is 5.24. The molecule has 19 heavy (non-hydrogen) atoms. The van der Waals surface area contributed by atoms with Gasteiger partial charge in [-0.25, -0.2) is 0 Å². The molecule has 0 saturated carbocycles. The molecule has 2 aromatic rings. The Bertz CT molecular complexity index is 660. The van der Waals surface area contributed by atoms with Crippen molar-refractivity contribution in [1.29, 1.82) is 0 Å². The Hall–Kier alpha value is -1.51. The highest BCUT2D eigenvalue weighted by atomic mass is 35.5. The first-order chi connectivity index (χ1) is 8.95. The van der Waals surface area contributed by atoms with Gasteiger partial charge in [0.05, 0.1) is 15.0 Å². The van der Waals surface area contributed by atoms with Gasteiger partial charge in [-0.05, 0) is 12.3 Å². The normalized spacial score (nSPS) is 10.7. The molecule has 7 nitrogen and oxygen atoms in total. The van der Waals surface area contributed by atoms with E-state index in [1.807, 2.05) is 0 Å². The molecule has 0 radical (unpaired) electrons. The van der Waals surface area contributed by atoms with Gasteiger partial charge in [0.15, 0.2) is 5.69 Å². The fourth-order valence-corrected chi connectivity index (χ4v) is 2.17. The lowest BCUT2D eigenvalue weighted by molar-refractivity contribution is -0.384. The highest BCUT2D eigenvalue weighted by molar-refractivity contribution is 7.98. The molecule has 100 valence electrons. The smallest absolute Gasteiger partial charge is 0.296 e. The lowest BCUT2D eigenvalue weighted by atomic mass is 10.2. The first-order valence-corrected chi connectivity index (χ1v) is 6.83. The number of halogens is 2. The van der Waals surface area contributed by atoms with Crippen LogP contribution in [-0.2, 0) is 0 Å². The van der Waals surface area contributed by atoms with Crippen molar-refractivity contribution in [3.63, 3.8) is 0 Å². The van der Waals surface area contributed by atoms with Gasteiger partial charge in [0.1, 0.15) is 0 Å². The number of benzene rings is 1. The summed E-state index contributed by atoms with van der Waals surface area (Å²) in [4.78, 5) is 14.4. The number of nitrogen functional groups attached to an aromatic ring is 1. The van der Waals surface area contributed by atoms with Crippen molar-refractivity contribution in [2.24, 2.45) is 0 Å². The molecule has 0 saturated heterocycles. The summed E-state index contributed by atoms with van der Waals surface area (Å²) in [6.45, 7) is 0. The van der Waals surface area contributed by atoms with Gasteiger partial charge in [-0.2, -0.15) is 9.67 Å². The van der Waals surface area contributed by atoms with Gasteiger partial charge in [-0.3, -0.25) is 10.1 Å². The van der Waals surface area contributed by atoms with Crippen LogP contribution in [0.5, 0.6) is 0 Å². The van der Waals surface area contributed by atoms with Crippen LogP contribution < -0.4 is 5.73 Å². The van der Waals surface area contributed by atoms with Crippen molar-refractivity contribution < 1.29 is 4.92 Å². The van der Waals surface area contributed by atoms with E-state index in [9.17, 15) is 10.1 Å². The molecule has 1 aromatic heterocycles. The van der Waals surface area contributed by atoms with Crippen LogP contribution in [0.15, 0.2) is 17.3 Å². The van der Waals surface area contributed by atoms with Gasteiger partial charge in [0, 0.05) is 6.07 Å². The van der Waals surface area contributed by atoms with Gasteiger partial charge in [0.25, 0.3) is 5.69 Å². The van der Waals surface area contributed by atoms with E-state index in [0.29, 0.717) is 5.16 Å². The highest BCUT2D eigenvalue weighted by Crippen LogP contribution is 2.36. The van der Waals surface area contributed by atoms with E-state index in [-0.39, 0.29) is 27.4 Å². The fraction of sp³-hybridized carbons (Fsp3) is 0.111. The predicted molar refractivity (Wildman–Crippen MR) is 74.2 cm³/mol. The van der Waals surface area contributed by atoms with Crippen LogP contribution in [0.1, 0.15) is 0 Å². The van der Waals surface area contributed by atoms with Crippen molar-refractivity contribution >= 4 is 46.6 Å². The second-order valence-corrected chi connectivity index (χ2v) is 4.91. The van der Waals surface area contributed by atoms with Crippen LogP contribution in [0.2, 0.25) is 10.0 Å². The van der Waals surface area contributed by atoms with Crippen molar-refractivity contribution in [2.75, 3.05) is 12.0 Å². The topological polar surface area (TPSA) is 99.9 Å². The quantitative estimate of drug-likeness (QED) is 0.530. The summed E-state index contributed by atoms with van der Waals surface area (Å²) < 4.78 is 1.11. The maximum absolute atomic E-state index is 11.0. The first-order valence-electron chi connectivity index (χ1n) is 4.85. The Morgan fingerprint density at radius 1 is 1.47 bits per heavy atom. The average Bonchev–Trinajstić information content (AvgIpc) is 2.73. The summed E-state index contributed by atoms with van der Waals surface area (Å²) in [5.41, 5.74) is 5.44. The first kappa shape index (κ1) is 13.9. The van der Waals surface area contributed by atoms with Crippen molar-refractivity contribution in [3.8, 4) is 5.69 Å². The average molecular weight is 320 g/mol. The van der Waals surface area contributed by atoms with E-state index >= 15 is 0 Å². The van der Waals surface area contributed by atoms with Crippen LogP contribution >= 0.6 is 35.0 Å². The minimum atomic E-state index is -0.586. The Labute approximate surface area is 121 Å². The maximum atomic E-state index is 11.0. The molecule has 0 spiro atoms. The zero-order chi connectivity index (χ0) is 14.2. The van der Waals surface area contributed by atoms with Crippen molar-refractivity contribution in [1.82, 2.24) is 14.8 Å². The molecule has 0 amide bonds. The van der Waals surface area contributed by atoms with Gasteiger partial charge >= 0.3 is 0 Å². The van der Waals surface area contributed by atoms with Crippen molar-refractivity contribution in [3.05, 3.63) is 32.3 Å². The number of nitrogens with two attached hydrogens (primary N) is 1. The molecule has 10 heteroatoms. The molecule has 0 atom stereocenters. The second-order valence-electron chi connectivity index (χ2n) is 3.35. The van der Waals surface area contributed by atoms with E-state index in [4.69, 9.17) is 28.9 Å². The van der Waals surface area contributed by atoms with Crippen LogP contribution in [0, 0.1) is 10.1 Å². The minimum absolute atomic E-state index is 0.000111. The van der Waals surface area contributed by atoms with Crippen LogP contribution in [0.25, 0.3) is 5.69 Å². The Morgan fingerprint density at radius 3 is 2.68 bits per heavy atom. The third-order valence-corrected chi connectivity index (χ3v) is 3.58. The summed E-state index contributed by atoms with van der Waals surface area (Å²) in [7, 11) is 0. The number of hydrogen-bond acceptors (Lipinski definition) is 6. The number of nitro groups is 1. The number of nitro benzene ring substituents is 1. The van der Waals surface area contributed by atoms with Crippen LogP contribution in [0.4, 0.5) is 11.6 Å². The van der Waals surface area contributed by atoms with Gasteiger partial charge < -0.3 is 5.73 Å². The van der Waals surface area contributed by atoms with Crippen LogP contribution in [0.3, 0.4) is 0 Å². The van der Waals surface area contributed by atoms with E-state index in [1.54, 1.807) is 6.26 Å². The fourth-order valence-electron chi connectivity index (χ4n) is 1.43. The minimum Gasteiger partial charge on any atom is -0.368 e. The van der Waals surface area contributed by atoms with E-state index in [2.05, 4.69) is 10.1 Å². The third kappa shape index (κ3) is 2.46. The molecule has 2 rings (SSSR count). The number of anilines is 1. The molecule has 0 aliphatic carbocycles. The SMILES string of the molecule is CSc1nc(N)n(-c2c([N+](=O)[O-])ccc(Cl)c2Cl)n1. The molecule has 0 aliphatic rings. The standard InChI is InChI=1S/C9H7Cl2N5O2S/c1-19-9-13-8(12)15(14-9)7-5(16(17)18)3-2-4(10)6(7)11/h2-3H,1H3,(H2,12,13,14). The summed E-state index contributed by atoms with van der Waals surface area (Å²) in [6, 6.07) is 2.58. The molecule has 0 aliphatic heterocycles. The molecule has 1 heterocycles. The number of thioether (sulfide) groups is 1. The molecule has 2 N–H and O–H groups in total. The largest absolute Gasteiger partial charge is 0.368 e. The molecule has 1 aromatic carbocycles. The number of nitrogens with zero attached hydrogens (tertiary/aromatic N) is 4. The maximum Gasteiger partial charge on any atom is 0.296 e. The summed E-state index contributed by atoms with van der Waals surface area (Å²) >= 11 is 13.1. The van der Waals surface area contributed by atoms with Gasteiger partial charge in [0.2, 0.25) is 11.1 Å². The number of rotatable bonds is 3. The summed E-state index contributed by atoms with van der Waals surface area (Å²) in [5.74, 6) is -0.00313. The summed E-state index contributed by atoms with van der Waals surface area (Å²) in [5, 5.41) is 15.6. The van der Waals surface area contributed by atoms with Gasteiger partial charge in [-0.1, -0.05) is 35.0 Å². The Morgan fingerprint density at radius 2 is 2.16 bits per heavy atom. The molecular weight excluding hydrogens is 313 g/mol. The molecule has 0 fully saturated rings. The lowest BCUT2D eigenvalue weighted by Crippen LogP contribution is -2.06. The van der Waals surface area contributed by atoms with Gasteiger partial charge in [-0.15, -0.1) is 5.10 Å². The molecule has 0 bridgehead atoms. The molecular formula is C9H7Cl2N5O2S. The Balaban J connectivity index is 2.75. The number of hydrogen-bond donors (Lipinski definition) is 1. The zero-order valence-electron chi connectivity index (χ0n) is 9.50. The zero-order valence-corrected chi connectivity index (χ0v) is 11.8. The van der Waals surface area contributed by atoms with E-state index < -0.39 is 4.92 Å². The molecule has 0 unspecified atom stereocenters. The third-order valence-electron chi connectivity index (χ3n) is 2.25. The lowest BCUT2D eigenvalue weighted by Gasteiger charge is -2.07.